The summed E-state index contributed by atoms with van der Waals surface area (Å²) in [4.78, 5) is 10.2. The van der Waals surface area contributed by atoms with E-state index in [1.54, 1.807) is 0 Å². The normalized spacial score (nSPS) is 16.3. The summed E-state index contributed by atoms with van der Waals surface area (Å²) in [5.41, 5.74) is 5.03. The van der Waals surface area contributed by atoms with Crippen LogP contribution in [0.5, 0.6) is 5.75 Å². The van der Waals surface area contributed by atoms with E-state index in [0.29, 0.717) is 12.0 Å². The van der Waals surface area contributed by atoms with Gasteiger partial charge in [0.2, 0.25) is 0 Å². The van der Waals surface area contributed by atoms with Crippen LogP contribution in [0.1, 0.15) is 43.5 Å². The van der Waals surface area contributed by atoms with Gasteiger partial charge in [0.15, 0.2) is 0 Å². The zero-order valence-electron chi connectivity index (χ0n) is 15.8. The number of aromatic amines is 1. The molecule has 2 aromatic heterocycles. The molecule has 4 nitrogen and oxygen atoms in total. The van der Waals surface area contributed by atoms with E-state index in [2.05, 4.69) is 59.9 Å². The van der Waals surface area contributed by atoms with Gasteiger partial charge in [-0.15, -0.1) is 0 Å². The number of benzene rings is 1. The van der Waals surface area contributed by atoms with Crippen LogP contribution in [-0.4, -0.2) is 34.1 Å². The Morgan fingerprint density at radius 1 is 1.19 bits per heavy atom. The Hall–Kier alpha value is -2.33. The van der Waals surface area contributed by atoms with Crippen molar-refractivity contribution in [2.75, 3.05) is 13.2 Å². The van der Waals surface area contributed by atoms with Crippen molar-refractivity contribution in [2.24, 2.45) is 0 Å². The standard InChI is InChI=1S/C22H27N3O/c1-15(2)25-8-9-26-22-11-17(4-5-18(22)14-25)10-16(3)21-12-19-13-23-7-6-20(19)24-21/h4-7,11-13,15-16,24H,8-10,14H2,1-3H3. The Bertz CT molecular complexity index is 866. The van der Waals surface area contributed by atoms with Gasteiger partial charge in [0.1, 0.15) is 12.4 Å². The van der Waals surface area contributed by atoms with Gasteiger partial charge in [-0.05, 0) is 44.0 Å². The van der Waals surface area contributed by atoms with Gasteiger partial charge in [0, 0.05) is 59.6 Å². The van der Waals surface area contributed by atoms with Crippen molar-refractivity contribution in [3.8, 4) is 5.75 Å². The summed E-state index contributed by atoms with van der Waals surface area (Å²) in [5.74, 6) is 1.47. The maximum atomic E-state index is 6.05. The lowest BCUT2D eigenvalue weighted by atomic mass is 9.97. The number of nitrogens with one attached hydrogen (secondary N) is 1. The third-order valence-corrected chi connectivity index (χ3v) is 5.39. The van der Waals surface area contributed by atoms with Crippen molar-refractivity contribution in [1.29, 1.82) is 0 Å². The molecule has 0 bridgehead atoms. The molecule has 0 aliphatic carbocycles. The van der Waals surface area contributed by atoms with Gasteiger partial charge in [-0.25, -0.2) is 0 Å². The van der Waals surface area contributed by atoms with Crippen LogP contribution in [0.3, 0.4) is 0 Å². The van der Waals surface area contributed by atoms with Crippen molar-refractivity contribution < 1.29 is 4.74 Å². The highest BCUT2D eigenvalue weighted by Gasteiger charge is 2.18. The fraction of sp³-hybridized carbons (Fsp3) is 0.409. The van der Waals surface area contributed by atoms with Crippen LogP contribution < -0.4 is 4.74 Å². The SMILES string of the molecule is CC(Cc1ccc2c(c1)OCCN(C(C)C)C2)c1cc2cnccc2[nH]1. The number of hydrogen-bond donors (Lipinski definition) is 1. The van der Waals surface area contributed by atoms with Crippen molar-refractivity contribution >= 4 is 10.9 Å². The largest absolute Gasteiger partial charge is 0.492 e. The lowest BCUT2D eigenvalue weighted by molar-refractivity contribution is 0.189. The third kappa shape index (κ3) is 3.47. The molecule has 4 heteroatoms. The first-order chi connectivity index (χ1) is 12.6. The van der Waals surface area contributed by atoms with E-state index in [-0.39, 0.29) is 0 Å². The average Bonchev–Trinajstić information content (AvgIpc) is 2.95. The second-order valence-electron chi connectivity index (χ2n) is 7.65. The average molecular weight is 349 g/mol. The molecule has 0 amide bonds. The Kier molecular flexibility index (Phi) is 4.68. The Balaban J connectivity index is 1.52. The second-order valence-corrected chi connectivity index (χ2v) is 7.65. The van der Waals surface area contributed by atoms with Gasteiger partial charge >= 0.3 is 0 Å². The van der Waals surface area contributed by atoms with Crippen molar-refractivity contribution in [3.05, 3.63) is 59.5 Å². The molecule has 1 N–H and O–H groups in total. The molecule has 0 radical (unpaired) electrons. The molecule has 136 valence electrons. The zero-order valence-corrected chi connectivity index (χ0v) is 15.8. The highest BCUT2D eigenvalue weighted by molar-refractivity contribution is 5.79. The highest BCUT2D eigenvalue weighted by Crippen LogP contribution is 2.29. The van der Waals surface area contributed by atoms with Crippen LogP contribution in [0, 0.1) is 0 Å². The molecule has 0 saturated heterocycles. The minimum Gasteiger partial charge on any atom is -0.492 e. The summed E-state index contributed by atoms with van der Waals surface area (Å²) in [6, 6.07) is 11.5. The smallest absolute Gasteiger partial charge is 0.124 e. The first-order valence-corrected chi connectivity index (χ1v) is 9.51. The van der Waals surface area contributed by atoms with Gasteiger partial charge in [-0.2, -0.15) is 0 Å². The van der Waals surface area contributed by atoms with Gasteiger partial charge in [0.05, 0.1) is 0 Å². The molecule has 0 saturated carbocycles. The van der Waals surface area contributed by atoms with E-state index >= 15 is 0 Å². The van der Waals surface area contributed by atoms with E-state index < -0.39 is 0 Å². The van der Waals surface area contributed by atoms with E-state index in [0.717, 1.165) is 37.4 Å². The van der Waals surface area contributed by atoms with Gasteiger partial charge in [-0.3, -0.25) is 9.88 Å². The monoisotopic (exact) mass is 349 g/mol. The molecule has 1 atom stereocenters. The molecule has 1 aliphatic heterocycles. The Morgan fingerprint density at radius 2 is 2.08 bits per heavy atom. The van der Waals surface area contributed by atoms with Gasteiger partial charge in [-0.1, -0.05) is 19.1 Å². The molecule has 26 heavy (non-hydrogen) atoms. The number of pyridine rings is 1. The topological polar surface area (TPSA) is 41.1 Å². The predicted octanol–water partition coefficient (Wildman–Crippen LogP) is 4.51. The zero-order chi connectivity index (χ0) is 18.1. The number of fused-ring (bicyclic) bond motifs is 2. The summed E-state index contributed by atoms with van der Waals surface area (Å²) >= 11 is 0. The summed E-state index contributed by atoms with van der Waals surface area (Å²) in [6.45, 7) is 9.48. The summed E-state index contributed by atoms with van der Waals surface area (Å²) in [5, 5.41) is 1.17. The number of ether oxygens (including phenoxy) is 1. The maximum Gasteiger partial charge on any atom is 0.124 e. The number of H-pyrrole nitrogens is 1. The highest BCUT2D eigenvalue weighted by atomic mass is 16.5. The molecule has 1 aromatic carbocycles. The molecule has 0 spiro atoms. The van der Waals surface area contributed by atoms with E-state index in [1.807, 2.05) is 18.5 Å². The summed E-state index contributed by atoms with van der Waals surface area (Å²) < 4.78 is 6.05. The van der Waals surface area contributed by atoms with Crippen LogP contribution in [0.25, 0.3) is 10.9 Å². The number of aromatic nitrogens is 2. The number of nitrogens with zero attached hydrogens (tertiary/aromatic N) is 2. The quantitative estimate of drug-likeness (QED) is 0.753. The van der Waals surface area contributed by atoms with Crippen LogP contribution in [0.2, 0.25) is 0 Å². The Morgan fingerprint density at radius 3 is 2.88 bits per heavy atom. The van der Waals surface area contributed by atoms with Gasteiger partial charge < -0.3 is 9.72 Å². The third-order valence-electron chi connectivity index (χ3n) is 5.39. The van der Waals surface area contributed by atoms with E-state index in [4.69, 9.17) is 4.74 Å². The second kappa shape index (κ2) is 7.12. The van der Waals surface area contributed by atoms with Crippen LogP contribution >= 0.6 is 0 Å². The number of rotatable bonds is 4. The first kappa shape index (κ1) is 17.1. The molecule has 3 aromatic rings. The fourth-order valence-electron chi connectivity index (χ4n) is 3.73. The maximum absolute atomic E-state index is 6.05. The van der Waals surface area contributed by atoms with Gasteiger partial charge in [0.25, 0.3) is 0 Å². The van der Waals surface area contributed by atoms with Crippen molar-refractivity contribution in [3.63, 3.8) is 0 Å². The Labute approximate surface area is 155 Å². The molecule has 3 heterocycles. The lowest BCUT2D eigenvalue weighted by Crippen LogP contribution is -2.32. The molecular weight excluding hydrogens is 322 g/mol. The van der Waals surface area contributed by atoms with Crippen molar-refractivity contribution in [1.82, 2.24) is 14.9 Å². The first-order valence-electron chi connectivity index (χ1n) is 9.51. The molecule has 0 fully saturated rings. The summed E-state index contributed by atoms with van der Waals surface area (Å²) in [7, 11) is 0. The minimum absolute atomic E-state index is 0.415. The molecule has 4 rings (SSSR count). The minimum atomic E-state index is 0.415. The fourth-order valence-corrected chi connectivity index (χ4v) is 3.73. The molecule has 1 unspecified atom stereocenters. The van der Waals surface area contributed by atoms with Crippen LogP contribution in [0.4, 0.5) is 0 Å². The summed E-state index contributed by atoms with van der Waals surface area (Å²) in [6.07, 6.45) is 4.74. The van der Waals surface area contributed by atoms with Crippen LogP contribution in [0.15, 0.2) is 42.7 Å². The predicted molar refractivity (Wildman–Crippen MR) is 106 cm³/mol. The molecular formula is C22H27N3O. The lowest BCUT2D eigenvalue weighted by Gasteiger charge is -2.23. The van der Waals surface area contributed by atoms with Crippen LogP contribution in [-0.2, 0) is 13.0 Å². The number of hydrogen-bond acceptors (Lipinski definition) is 3. The van der Waals surface area contributed by atoms with E-state index in [1.165, 1.54) is 22.2 Å². The molecule has 1 aliphatic rings. The van der Waals surface area contributed by atoms with Crippen molar-refractivity contribution in [2.45, 2.75) is 45.7 Å². The van der Waals surface area contributed by atoms with E-state index in [9.17, 15) is 0 Å².